The number of rotatable bonds is 15. The smallest absolute Gasteiger partial charge is 0.407 e. The lowest BCUT2D eigenvalue weighted by atomic mass is 9.89. The Morgan fingerprint density at radius 3 is 2.66 bits per heavy atom. The summed E-state index contributed by atoms with van der Waals surface area (Å²) in [5.74, 6) is 0.473. The minimum atomic E-state index is -4.21. The van der Waals surface area contributed by atoms with Crippen LogP contribution in [-0.2, 0) is 30.7 Å². The van der Waals surface area contributed by atoms with Gasteiger partial charge in [0.1, 0.15) is 6.10 Å². The van der Waals surface area contributed by atoms with Crippen molar-refractivity contribution in [3.05, 3.63) is 76.5 Å². The van der Waals surface area contributed by atoms with Crippen molar-refractivity contribution in [1.82, 2.24) is 14.9 Å². The number of fused-ring (bicyclic) bond motifs is 2. The van der Waals surface area contributed by atoms with Gasteiger partial charge in [-0.1, -0.05) is 50.2 Å². The number of ether oxygens (including phenoxy) is 5. The maximum atomic E-state index is 14.3. The average molecular weight is 730 g/mol. The second-order valence-corrected chi connectivity index (χ2v) is 16.3. The molecule has 50 heavy (non-hydrogen) atoms. The van der Waals surface area contributed by atoms with Crippen molar-refractivity contribution in [2.24, 2.45) is 11.3 Å². The minimum Gasteiger partial charge on any atom is -0.454 e. The Kier molecular flexibility index (Phi) is 11.3. The van der Waals surface area contributed by atoms with Crippen molar-refractivity contribution < 1.29 is 46.8 Å². The SMILES string of the molecule is CC(C)(CCNC(=O)c1cccs1)CN(C[C@@H](O)[C@H](Cc1ccccc1)NC(=O)O[C@H]1CO[C@H]2OCC[C@H]21)S(=O)(=O)c1ccc2c(c1)OCO2. The van der Waals surface area contributed by atoms with Gasteiger partial charge < -0.3 is 39.4 Å². The van der Waals surface area contributed by atoms with E-state index in [2.05, 4.69) is 10.6 Å². The van der Waals surface area contributed by atoms with Crippen LogP contribution in [0, 0.1) is 11.3 Å². The van der Waals surface area contributed by atoms with E-state index in [1.165, 1.54) is 33.8 Å². The van der Waals surface area contributed by atoms with Gasteiger partial charge in [-0.15, -0.1) is 11.3 Å². The lowest BCUT2D eigenvalue weighted by molar-refractivity contribution is -0.0907. The molecule has 1 aromatic heterocycles. The predicted molar refractivity (Wildman–Crippen MR) is 184 cm³/mol. The predicted octanol–water partition coefficient (Wildman–Crippen LogP) is 3.77. The van der Waals surface area contributed by atoms with Crippen LogP contribution in [-0.4, -0.2) is 94.0 Å². The molecule has 0 radical (unpaired) electrons. The number of thiophene rings is 1. The van der Waals surface area contributed by atoms with Gasteiger partial charge in [0, 0.05) is 25.7 Å². The van der Waals surface area contributed by atoms with Crippen LogP contribution in [0.15, 0.2) is 70.9 Å². The van der Waals surface area contributed by atoms with E-state index in [-0.39, 0.29) is 49.6 Å². The Hall–Kier alpha value is -3.73. The Bertz CT molecular complexity index is 1720. The summed E-state index contributed by atoms with van der Waals surface area (Å²) in [7, 11) is -4.21. The normalized spacial score (nSPS) is 21.1. The molecule has 2 saturated heterocycles. The molecule has 15 heteroatoms. The third-order valence-electron chi connectivity index (χ3n) is 9.12. The molecule has 3 N–H and O–H groups in total. The molecule has 0 spiro atoms. The van der Waals surface area contributed by atoms with Gasteiger partial charge in [-0.25, -0.2) is 13.2 Å². The van der Waals surface area contributed by atoms with Crippen LogP contribution >= 0.6 is 11.3 Å². The first-order chi connectivity index (χ1) is 24.0. The molecule has 4 heterocycles. The molecule has 0 saturated carbocycles. The van der Waals surface area contributed by atoms with E-state index in [1.807, 2.05) is 49.6 Å². The fraction of sp³-hybridized carbons (Fsp3) is 0.486. The van der Waals surface area contributed by atoms with E-state index in [9.17, 15) is 23.1 Å². The van der Waals surface area contributed by atoms with Crippen LogP contribution in [0.1, 0.15) is 41.9 Å². The van der Waals surface area contributed by atoms with E-state index >= 15 is 0 Å². The van der Waals surface area contributed by atoms with E-state index in [4.69, 9.17) is 23.7 Å². The summed E-state index contributed by atoms with van der Waals surface area (Å²) in [5, 5.41) is 19.3. The summed E-state index contributed by atoms with van der Waals surface area (Å²) in [4.78, 5) is 26.4. The second kappa shape index (κ2) is 15.7. The lowest BCUT2D eigenvalue weighted by Crippen LogP contribution is -2.52. The van der Waals surface area contributed by atoms with Crippen LogP contribution in [0.5, 0.6) is 11.5 Å². The van der Waals surface area contributed by atoms with Crippen LogP contribution in [0.3, 0.4) is 0 Å². The summed E-state index contributed by atoms with van der Waals surface area (Å²) in [5.41, 5.74) is 0.187. The van der Waals surface area contributed by atoms with Crippen molar-refractivity contribution in [3.8, 4) is 11.5 Å². The summed E-state index contributed by atoms with van der Waals surface area (Å²) in [6.07, 6.45) is -1.62. The van der Waals surface area contributed by atoms with Crippen LogP contribution in [0.2, 0.25) is 0 Å². The molecule has 2 fully saturated rings. The zero-order valence-electron chi connectivity index (χ0n) is 28.0. The first-order valence-electron chi connectivity index (χ1n) is 16.6. The number of nitrogens with one attached hydrogen (secondary N) is 2. The van der Waals surface area contributed by atoms with E-state index < -0.39 is 46.1 Å². The highest BCUT2D eigenvalue weighted by Crippen LogP contribution is 2.36. The number of nitrogens with zero attached hydrogens (tertiary/aromatic N) is 1. The van der Waals surface area contributed by atoms with Crippen LogP contribution < -0.4 is 20.1 Å². The molecule has 5 atom stereocenters. The van der Waals surface area contributed by atoms with Gasteiger partial charge in [0.15, 0.2) is 17.8 Å². The Morgan fingerprint density at radius 2 is 1.88 bits per heavy atom. The van der Waals surface area contributed by atoms with Crippen LogP contribution in [0.4, 0.5) is 4.79 Å². The lowest BCUT2D eigenvalue weighted by Gasteiger charge is -2.35. The number of aliphatic hydroxyl groups excluding tert-OH is 1. The van der Waals surface area contributed by atoms with E-state index in [1.54, 1.807) is 12.1 Å². The summed E-state index contributed by atoms with van der Waals surface area (Å²) in [6.45, 7) is 4.49. The Morgan fingerprint density at radius 1 is 1.08 bits per heavy atom. The van der Waals surface area contributed by atoms with Gasteiger partial charge in [-0.3, -0.25) is 4.79 Å². The zero-order valence-corrected chi connectivity index (χ0v) is 29.6. The van der Waals surface area contributed by atoms with Crippen molar-refractivity contribution in [1.29, 1.82) is 0 Å². The third kappa shape index (κ3) is 8.76. The first-order valence-corrected chi connectivity index (χ1v) is 18.9. The standard InChI is InChI=1S/C35H43N3O10S2/c1-35(2,13-14-36-32(40)31-9-6-16-49-31)21-38(50(42,43)24-10-11-28-29(18-24)47-22-46-28)19-27(39)26(17-23-7-4-3-5-8-23)37-34(41)48-30-20-45-33-25(30)12-15-44-33/h3-11,16,18,25-27,30,33,39H,12-15,17,19-22H2,1-2H3,(H,36,40)(H,37,41)/t25-,26-,27+,30-,33+/m0/s1. The molecule has 0 aliphatic carbocycles. The minimum absolute atomic E-state index is 0.000687. The highest BCUT2D eigenvalue weighted by atomic mass is 32.2. The number of hydrogen-bond donors (Lipinski definition) is 3. The zero-order chi connectivity index (χ0) is 35.3. The summed E-state index contributed by atoms with van der Waals surface area (Å²) >= 11 is 1.34. The Labute approximate surface area is 295 Å². The highest BCUT2D eigenvalue weighted by molar-refractivity contribution is 7.89. The number of alkyl carbamates (subject to hydrolysis) is 1. The molecule has 270 valence electrons. The van der Waals surface area contributed by atoms with Crippen molar-refractivity contribution in [2.45, 2.75) is 62.5 Å². The first kappa shape index (κ1) is 36.1. The molecule has 0 bridgehead atoms. The van der Waals surface area contributed by atoms with Crippen molar-refractivity contribution >= 4 is 33.4 Å². The second-order valence-electron chi connectivity index (χ2n) is 13.4. The number of hydrogen-bond acceptors (Lipinski definition) is 11. The monoisotopic (exact) mass is 729 g/mol. The van der Waals surface area contributed by atoms with Gasteiger partial charge >= 0.3 is 6.09 Å². The molecule has 3 aliphatic rings. The molecule has 6 rings (SSSR count). The molecule has 2 amide bonds. The van der Waals surface area contributed by atoms with Gasteiger partial charge in [-0.05, 0) is 53.8 Å². The third-order valence-corrected chi connectivity index (χ3v) is 11.8. The van der Waals surface area contributed by atoms with Gasteiger partial charge in [0.25, 0.3) is 5.91 Å². The molecule has 2 aromatic carbocycles. The number of benzene rings is 2. The number of sulfonamides is 1. The average Bonchev–Trinajstić information content (AvgIpc) is 3.91. The number of aliphatic hydroxyl groups is 1. The fourth-order valence-electron chi connectivity index (χ4n) is 6.36. The number of carbonyl (C=O) groups excluding carboxylic acids is 2. The molecule has 3 aliphatic heterocycles. The van der Waals surface area contributed by atoms with Gasteiger partial charge in [0.05, 0.1) is 41.1 Å². The van der Waals surface area contributed by atoms with Crippen molar-refractivity contribution in [2.75, 3.05) is 39.6 Å². The van der Waals surface area contributed by atoms with Gasteiger partial charge in [0.2, 0.25) is 16.8 Å². The maximum absolute atomic E-state index is 14.3. The summed E-state index contributed by atoms with van der Waals surface area (Å²) in [6, 6.07) is 16.3. The van der Waals surface area contributed by atoms with Crippen molar-refractivity contribution in [3.63, 3.8) is 0 Å². The molecule has 3 aromatic rings. The Balaban J connectivity index is 1.21. The van der Waals surface area contributed by atoms with Gasteiger partial charge in [-0.2, -0.15) is 4.31 Å². The molecule has 13 nitrogen and oxygen atoms in total. The molecule has 0 unspecified atom stereocenters. The topological polar surface area (TPSA) is 162 Å². The molecular formula is C35H43N3O10S2. The maximum Gasteiger partial charge on any atom is 0.407 e. The van der Waals surface area contributed by atoms with E-state index in [0.29, 0.717) is 42.4 Å². The fourth-order valence-corrected chi connectivity index (χ4v) is 8.66. The van der Waals surface area contributed by atoms with Crippen LogP contribution in [0.25, 0.3) is 0 Å². The number of carbonyl (C=O) groups is 2. The largest absolute Gasteiger partial charge is 0.454 e. The summed E-state index contributed by atoms with van der Waals surface area (Å²) < 4.78 is 57.6. The highest BCUT2D eigenvalue weighted by Gasteiger charge is 2.44. The quantitative estimate of drug-likeness (QED) is 0.210. The molecular weight excluding hydrogens is 687 g/mol. The number of amides is 2. The van der Waals surface area contributed by atoms with E-state index in [0.717, 1.165) is 5.56 Å².